The van der Waals surface area contributed by atoms with Crippen LogP contribution in [0.25, 0.3) is 33.6 Å². The average molecular weight is 281 g/mol. The van der Waals surface area contributed by atoms with Crippen molar-refractivity contribution in [3.8, 4) is 11.6 Å². The van der Waals surface area contributed by atoms with Gasteiger partial charge in [0.25, 0.3) is 0 Å². The van der Waals surface area contributed by atoms with Gasteiger partial charge in [-0.3, -0.25) is 4.79 Å². The normalized spacial score (nSPS) is 11.5. The second kappa shape index (κ2) is 4.02. The van der Waals surface area contributed by atoms with Crippen molar-refractivity contribution in [3.05, 3.63) is 40.1 Å². The van der Waals surface area contributed by atoms with E-state index in [1.165, 1.54) is 6.07 Å². The first-order valence-electron chi connectivity index (χ1n) is 6.42. The maximum absolute atomic E-state index is 12.4. The highest BCUT2D eigenvalue weighted by atomic mass is 16.3. The van der Waals surface area contributed by atoms with Gasteiger partial charge >= 0.3 is 0 Å². The highest BCUT2D eigenvalue weighted by Gasteiger charge is 2.16. The van der Waals surface area contributed by atoms with Crippen LogP contribution in [-0.4, -0.2) is 25.2 Å². The summed E-state index contributed by atoms with van der Waals surface area (Å²) in [6, 6.07) is 7.39. The number of aromatic nitrogens is 5. The summed E-state index contributed by atoms with van der Waals surface area (Å²) in [5, 5.41) is 14.3. The van der Waals surface area contributed by atoms with Crippen molar-refractivity contribution in [1.82, 2.24) is 25.2 Å². The van der Waals surface area contributed by atoms with Crippen LogP contribution in [0.15, 0.2) is 33.5 Å². The quantitative estimate of drug-likeness (QED) is 0.574. The summed E-state index contributed by atoms with van der Waals surface area (Å²) >= 11 is 0. The van der Waals surface area contributed by atoms with Crippen LogP contribution in [0.4, 0.5) is 0 Å². The molecular formula is C14H11N5O2. The van der Waals surface area contributed by atoms with Crippen LogP contribution in [0, 0.1) is 6.92 Å². The van der Waals surface area contributed by atoms with Crippen LogP contribution in [0.5, 0.6) is 0 Å². The second-order valence-electron chi connectivity index (χ2n) is 4.98. The number of nitrogens with one attached hydrogen (secondary N) is 1. The Bertz CT molecular complexity index is 1030. The molecule has 104 valence electrons. The number of hydrogen-bond donors (Lipinski definition) is 1. The average Bonchev–Trinajstić information content (AvgIpc) is 3.07. The van der Waals surface area contributed by atoms with Crippen molar-refractivity contribution < 1.29 is 4.42 Å². The minimum Gasteiger partial charge on any atom is -0.450 e. The van der Waals surface area contributed by atoms with Gasteiger partial charge in [0, 0.05) is 18.5 Å². The minimum atomic E-state index is -0.126. The summed E-state index contributed by atoms with van der Waals surface area (Å²) in [6.07, 6.45) is 0. The predicted octanol–water partition coefficient (Wildman–Crippen LogP) is 1.77. The summed E-state index contributed by atoms with van der Waals surface area (Å²) < 4.78 is 7.73. The van der Waals surface area contributed by atoms with Gasteiger partial charge in [-0.1, -0.05) is 11.6 Å². The molecule has 0 saturated carbocycles. The summed E-state index contributed by atoms with van der Waals surface area (Å²) in [7, 11) is 1.85. The fourth-order valence-electron chi connectivity index (χ4n) is 2.61. The molecule has 0 fully saturated rings. The lowest BCUT2D eigenvalue weighted by molar-refractivity contribution is 0.615. The van der Waals surface area contributed by atoms with E-state index >= 15 is 0 Å². The molecule has 0 radical (unpaired) electrons. The zero-order valence-corrected chi connectivity index (χ0v) is 11.4. The minimum absolute atomic E-state index is 0.126. The van der Waals surface area contributed by atoms with Crippen LogP contribution in [-0.2, 0) is 7.05 Å². The van der Waals surface area contributed by atoms with Crippen molar-refractivity contribution >= 4 is 22.0 Å². The van der Waals surface area contributed by atoms with E-state index in [1.54, 1.807) is 0 Å². The maximum atomic E-state index is 12.4. The molecule has 4 rings (SSSR count). The predicted molar refractivity (Wildman–Crippen MR) is 76.9 cm³/mol. The topological polar surface area (TPSA) is 89.6 Å². The molecule has 21 heavy (non-hydrogen) atoms. The third kappa shape index (κ3) is 1.60. The first-order valence-corrected chi connectivity index (χ1v) is 6.42. The smallest absolute Gasteiger partial charge is 0.215 e. The lowest BCUT2D eigenvalue weighted by Crippen LogP contribution is -2.04. The third-order valence-electron chi connectivity index (χ3n) is 3.59. The molecule has 0 bridgehead atoms. The molecule has 7 nitrogen and oxygen atoms in total. The molecule has 4 aromatic rings. The van der Waals surface area contributed by atoms with Gasteiger partial charge < -0.3 is 8.98 Å². The third-order valence-corrected chi connectivity index (χ3v) is 3.59. The molecule has 0 spiro atoms. The summed E-state index contributed by atoms with van der Waals surface area (Å²) in [5.74, 6) is 0.658. The molecule has 0 saturated heterocycles. The molecule has 0 aliphatic carbocycles. The number of nitrogens with zero attached hydrogens (tertiary/aromatic N) is 4. The fourth-order valence-corrected chi connectivity index (χ4v) is 2.61. The Balaban J connectivity index is 2.19. The molecular weight excluding hydrogens is 270 g/mol. The van der Waals surface area contributed by atoms with Crippen molar-refractivity contribution in [1.29, 1.82) is 0 Å². The van der Waals surface area contributed by atoms with Gasteiger partial charge in [-0.15, -0.1) is 5.10 Å². The number of fused-ring (bicyclic) bond motifs is 3. The van der Waals surface area contributed by atoms with E-state index in [1.807, 2.05) is 36.7 Å². The van der Waals surface area contributed by atoms with Crippen molar-refractivity contribution in [2.24, 2.45) is 7.05 Å². The number of aryl methyl sites for hydroxylation is 2. The zero-order valence-electron chi connectivity index (χ0n) is 11.4. The fraction of sp³-hybridized carbons (Fsp3) is 0.143. The van der Waals surface area contributed by atoms with Crippen molar-refractivity contribution in [3.63, 3.8) is 0 Å². The second-order valence-corrected chi connectivity index (χ2v) is 4.98. The number of benzene rings is 1. The lowest BCUT2D eigenvalue weighted by Gasteiger charge is -1.97. The molecule has 0 unspecified atom stereocenters. The molecule has 0 aliphatic rings. The molecule has 3 aromatic heterocycles. The first kappa shape index (κ1) is 11.8. The van der Waals surface area contributed by atoms with E-state index in [-0.39, 0.29) is 5.43 Å². The molecule has 0 atom stereocenters. The van der Waals surface area contributed by atoms with E-state index in [9.17, 15) is 4.79 Å². The molecule has 1 N–H and O–H groups in total. The summed E-state index contributed by atoms with van der Waals surface area (Å²) in [4.78, 5) is 12.4. The van der Waals surface area contributed by atoms with Gasteiger partial charge in [0.15, 0.2) is 11.3 Å². The van der Waals surface area contributed by atoms with Gasteiger partial charge in [0.05, 0.1) is 5.52 Å². The Labute approximate surface area is 118 Å². The molecule has 0 aliphatic heterocycles. The number of aromatic amines is 1. The Kier molecular flexibility index (Phi) is 2.26. The Morgan fingerprint density at radius 2 is 2.14 bits per heavy atom. The van der Waals surface area contributed by atoms with E-state index < -0.39 is 0 Å². The van der Waals surface area contributed by atoms with Gasteiger partial charge in [0.1, 0.15) is 5.52 Å². The van der Waals surface area contributed by atoms with E-state index in [0.717, 1.165) is 16.5 Å². The highest BCUT2D eigenvalue weighted by Crippen LogP contribution is 2.29. The van der Waals surface area contributed by atoms with E-state index in [2.05, 4.69) is 20.6 Å². The first-order chi connectivity index (χ1) is 10.1. The number of H-pyrrole nitrogens is 1. The van der Waals surface area contributed by atoms with E-state index in [4.69, 9.17) is 4.42 Å². The number of hydrogen-bond acceptors (Lipinski definition) is 5. The summed E-state index contributed by atoms with van der Waals surface area (Å²) in [5.41, 5.74) is 3.01. The van der Waals surface area contributed by atoms with Crippen LogP contribution < -0.4 is 5.43 Å². The van der Waals surface area contributed by atoms with Gasteiger partial charge in [-0.05, 0) is 29.5 Å². The summed E-state index contributed by atoms with van der Waals surface area (Å²) in [6.45, 7) is 2.00. The Morgan fingerprint density at radius 1 is 1.29 bits per heavy atom. The Hall–Kier alpha value is -2.96. The van der Waals surface area contributed by atoms with Crippen molar-refractivity contribution in [2.75, 3.05) is 0 Å². The monoisotopic (exact) mass is 281 g/mol. The van der Waals surface area contributed by atoms with Crippen LogP contribution in [0.1, 0.15) is 5.56 Å². The number of tetrazole rings is 1. The molecule has 1 aromatic carbocycles. The maximum Gasteiger partial charge on any atom is 0.215 e. The van der Waals surface area contributed by atoms with E-state index in [0.29, 0.717) is 22.7 Å². The van der Waals surface area contributed by atoms with Crippen LogP contribution in [0.2, 0.25) is 0 Å². The lowest BCUT2D eigenvalue weighted by atomic mass is 10.2. The largest absolute Gasteiger partial charge is 0.450 e. The SMILES string of the molecule is Cc1ccc2c(c1)c1oc(-c3nnn[nH]3)cc(=O)c1n2C. The standard InChI is InChI=1S/C14H11N5O2/c1-7-3-4-9-8(5-7)13-12(19(9)2)10(20)6-11(21-13)14-15-17-18-16-14/h3-6H,1-2H3,(H,15,16,17,18). The van der Waals surface area contributed by atoms with Gasteiger partial charge in [-0.25, -0.2) is 5.10 Å². The highest BCUT2D eigenvalue weighted by molar-refractivity contribution is 6.04. The zero-order chi connectivity index (χ0) is 14.6. The molecule has 3 heterocycles. The Morgan fingerprint density at radius 3 is 2.90 bits per heavy atom. The molecule has 7 heteroatoms. The number of rotatable bonds is 1. The van der Waals surface area contributed by atoms with Crippen LogP contribution >= 0.6 is 0 Å². The van der Waals surface area contributed by atoms with Gasteiger partial charge in [-0.2, -0.15) is 0 Å². The van der Waals surface area contributed by atoms with Crippen LogP contribution in [0.3, 0.4) is 0 Å². The van der Waals surface area contributed by atoms with Crippen molar-refractivity contribution in [2.45, 2.75) is 6.92 Å². The molecule has 0 amide bonds. The van der Waals surface area contributed by atoms with Gasteiger partial charge in [0.2, 0.25) is 11.3 Å².